The van der Waals surface area contributed by atoms with Crippen molar-refractivity contribution in [1.82, 2.24) is 15.0 Å². The van der Waals surface area contributed by atoms with E-state index in [2.05, 4.69) is 27.2 Å². The van der Waals surface area contributed by atoms with Gasteiger partial charge in [0.25, 0.3) is 0 Å². The molecule has 0 saturated carbocycles. The van der Waals surface area contributed by atoms with Gasteiger partial charge < -0.3 is 9.63 Å². The van der Waals surface area contributed by atoms with Crippen molar-refractivity contribution in [3.8, 4) is 0 Å². The summed E-state index contributed by atoms with van der Waals surface area (Å²) in [4.78, 5) is 6.56. The van der Waals surface area contributed by atoms with Gasteiger partial charge >= 0.3 is 0 Å². The van der Waals surface area contributed by atoms with Crippen LogP contribution in [0.25, 0.3) is 0 Å². The molecule has 124 valence electrons. The van der Waals surface area contributed by atoms with Crippen molar-refractivity contribution < 1.29 is 9.63 Å². The second kappa shape index (κ2) is 8.38. The van der Waals surface area contributed by atoms with Gasteiger partial charge in [-0.3, -0.25) is 4.90 Å². The summed E-state index contributed by atoms with van der Waals surface area (Å²) < 4.78 is 5.37. The molecule has 0 radical (unpaired) electrons. The third kappa shape index (κ3) is 4.75. The Morgan fingerprint density at radius 1 is 0.875 bits per heavy atom. The summed E-state index contributed by atoms with van der Waals surface area (Å²) in [7, 11) is 0. The fourth-order valence-corrected chi connectivity index (χ4v) is 2.59. The van der Waals surface area contributed by atoms with Crippen LogP contribution in [0.1, 0.15) is 22.8 Å². The summed E-state index contributed by atoms with van der Waals surface area (Å²) in [5.41, 5.74) is 2.34. The lowest BCUT2D eigenvalue weighted by atomic mass is 10.1. The van der Waals surface area contributed by atoms with Crippen molar-refractivity contribution in [3.63, 3.8) is 0 Å². The number of aliphatic hydroxyl groups excluding tert-OH is 1. The third-order valence-corrected chi connectivity index (χ3v) is 3.74. The molecule has 0 spiro atoms. The number of aliphatic hydroxyl groups is 1. The van der Waals surface area contributed by atoms with Crippen molar-refractivity contribution in [2.45, 2.75) is 19.5 Å². The van der Waals surface area contributed by atoms with E-state index < -0.39 is 0 Å². The Hall–Kier alpha value is -2.50. The van der Waals surface area contributed by atoms with Crippen LogP contribution in [0.5, 0.6) is 0 Å². The lowest BCUT2D eigenvalue weighted by Crippen LogP contribution is -2.26. The zero-order chi connectivity index (χ0) is 16.6. The lowest BCUT2D eigenvalue weighted by Gasteiger charge is -2.19. The second-order valence-corrected chi connectivity index (χ2v) is 5.69. The van der Waals surface area contributed by atoms with Gasteiger partial charge in [-0.2, -0.15) is 4.98 Å². The van der Waals surface area contributed by atoms with Crippen LogP contribution in [0.2, 0.25) is 0 Å². The molecule has 0 atom stereocenters. The SMILES string of the molecule is OCCN(Cc1ccccc1)Cc1nc(Cc2ccccc2)no1. The highest BCUT2D eigenvalue weighted by atomic mass is 16.5. The van der Waals surface area contributed by atoms with E-state index in [0.717, 1.165) is 12.1 Å². The summed E-state index contributed by atoms with van der Waals surface area (Å²) in [6, 6.07) is 20.2. The van der Waals surface area contributed by atoms with Crippen LogP contribution >= 0.6 is 0 Å². The van der Waals surface area contributed by atoms with Crippen molar-refractivity contribution in [3.05, 3.63) is 83.5 Å². The topological polar surface area (TPSA) is 62.4 Å². The molecule has 1 heterocycles. The molecule has 1 N–H and O–H groups in total. The zero-order valence-corrected chi connectivity index (χ0v) is 13.5. The van der Waals surface area contributed by atoms with Gasteiger partial charge in [0.2, 0.25) is 5.89 Å². The van der Waals surface area contributed by atoms with Crippen LogP contribution in [0.3, 0.4) is 0 Å². The molecule has 3 aromatic rings. The Morgan fingerprint density at radius 3 is 2.21 bits per heavy atom. The average molecular weight is 323 g/mol. The van der Waals surface area contributed by atoms with E-state index in [-0.39, 0.29) is 6.61 Å². The number of nitrogens with zero attached hydrogens (tertiary/aromatic N) is 3. The van der Waals surface area contributed by atoms with Gasteiger partial charge in [-0.05, 0) is 11.1 Å². The van der Waals surface area contributed by atoms with Gasteiger partial charge in [-0.25, -0.2) is 0 Å². The van der Waals surface area contributed by atoms with E-state index in [1.54, 1.807) is 0 Å². The molecule has 0 saturated heterocycles. The highest BCUT2D eigenvalue weighted by molar-refractivity contribution is 5.18. The molecule has 24 heavy (non-hydrogen) atoms. The van der Waals surface area contributed by atoms with Gasteiger partial charge in [0.1, 0.15) is 0 Å². The van der Waals surface area contributed by atoms with Crippen LogP contribution in [-0.4, -0.2) is 33.3 Å². The fraction of sp³-hybridized carbons (Fsp3) is 0.263. The molecule has 0 bridgehead atoms. The van der Waals surface area contributed by atoms with E-state index in [9.17, 15) is 5.11 Å². The quantitative estimate of drug-likeness (QED) is 0.690. The first kappa shape index (κ1) is 16.4. The van der Waals surface area contributed by atoms with Crippen molar-refractivity contribution in [2.75, 3.05) is 13.2 Å². The number of benzene rings is 2. The number of hydrogen-bond acceptors (Lipinski definition) is 5. The molecule has 0 unspecified atom stereocenters. The van der Waals surface area contributed by atoms with Gasteiger partial charge in [-0.1, -0.05) is 65.8 Å². The molecule has 0 amide bonds. The molecule has 0 aliphatic carbocycles. The first-order valence-corrected chi connectivity index (χ1v) is 8.06. The van der Waals surface area contributed by atoms with Crippen molar-refractivity contribution in [2.24, 2.45) is 0 Å². The molecule has 5 heteroatoms. The highest BCUT2D eigenvalue weighted by Gasteiger charge is 2.12. The predicted octanol–water partition coefficient (Wildman–Crippen LogP) is 2.65. The maximum Gasteiger partial charge on any atom is 0.240 e. The summed E-state index contributed by atoms with van der Waals surface area (Å²) >= 11 is 0. The number of aromatic nitrogens is 2. The summed E-state index contributed by atoms with van der Waals surface area (Å²) in [6.45, 7) is 1.91. The standard InChI is InChI=1S/C19H21N3O2/c23-12-11-22(14-17-9-5-2-6-10-17)15-19-20-18(21-24-19)13-16-7-3-1-4-8-16/h1-10,23H,11-15H2. The van der Waals surface area contributed by atoms with E-state index in [4.69, 9.17) is 4.52 Å². The van der Waals surface area contributed by atoms with Crippen LogP contribution < -0.4 is 0 Å². The highest BCUT2D eigenvalue weighted by Crippen LogP contribution is 2.11. The molecule has 5 nitrogen and oxygen atoms in total. The Kier molecular flexibility index (Phi) is 5.71. The minimum absolute atomic E-state index is 0.0951. The van der Waals surface area contributed by atoms with Gasteiger partial charge in [0.15, 0.2) is 5.82 Å². The largest absolute Gasteiger partial charge is 0.395 e. The van der Waals surface area contributed by atoms with E-state index >= 15 is 0 Å². The zero-order valence-electron chi connectivity index (χ0n) is 13.5. The molecule has 0 aliphatic heterocycles. The van der Waals surface area contributed by atoms with Crippen LogP contribution in [0, 0.1) is 0 Å². The molecule has 1 aromatic heterocycles. The monoisotopic (exact) mass is 323 g/mol. The molecule has 3 rings (SSSR count). The smallest absolute Gasteiger partial charge is 0.240 e. The minimum Gasteiger partial charge on any atom is -0.395 e. The van der Waals surface area contributed by atoms with Crippen molar-refractivity contribution >= 4 is 0 Å². The van der Waals surface area contributed by atoms with E-state index in [1.807, 2.05) is 48.5 Å². The molecule has 2 aromatic carbocycles. The van der Waals surface area contributed by atoms with Crippen LogP contribution in [-0.2, 0) is 19.5 Å². The van der Waals surface area contributed by atoms with Crippen LogP contribution in [0.15, 0.2) is 65.2 Å². The maximum atomic E-state index is 9.28. The normalized spacial score (nSPS) is 11.1. The Bertz CT molecular complexity index is 729. The number of rotatable bonds is 8. The Balaban J connectivity index is 1.62. The predicted molar refractivity (Wildman–Crippen MR) is 91.2 cm³/mol. The Labute approximate surface area is 141 Å². The minimum atomic E-state index is 0.0951. The molecular formula is C19H21N3O2. The summed E-state index contributed by atoms with van der Waals surface area (Å²) in [6.07, 6.45) is 0.656. The second-order valence-electron chi connectivity index (χ2n) is 5.69. The van der Waals surface area contributed by atoms with Gasteiger partial charge in [0, 0.05) is 19.5 Å². The van der Waals surface area contributed by atoms with Crippen molar-refractivity contribution in [1.29, 1.82) is 0 Å². The first-order chi connectivity index (χ1) is 11.8. The average Bonchev–Trinajstić information content (AvgIpc) is 3.04. The number of hydrogen-bond donors (Lipinski definition) is 1. The first-order valence-electron chi connectivity index (χ1n) is 8.06. The van der Waals surface area contributed by atoms with E-state index in [1.165, 1.54) is 5.56 Å². The van der Waals surface area contributed by atoms with Gasteiger partial charge in [0.05, 0.1) is 13.2 Å². The maximum absolute atomic E-state index is 9.28. The summed E-state index contributed by atoms with van der Waals surface area (Å²) in [5, 5.41) is 13.3. The van der Waals surface area contributed by atoms with E-state index in [0.29, 0.717) is 31.2 Å². The lowest BCUT2D eigenvalue weighted by molar-refractivity contribution is 0.167. The molecular weight excluding hydrogens is 302 g/mol. The fourth-order valence-electron chi connectivity index (χ4n) is 2.59. The van der Waals surface area contributed by atoms with Crippen LogP contribution in [0.4, 0.5) is 0 Å². The molecule has 0 aliphatic rings. The summed E-state index contributed by atoms with van der Waals surface area (Å²) in [5.74, 6) is 1.25. The Morgan fingerprint density at radius 2 is 1.54 bits per heavy atom. The molecule has 0 fully saturated rings. The third-order valence-electron chi connectivity index (χ3n) is 3.74. The van der Waals surface area contributed by atoms with Gasteiger partial charge in [-0.15, -0.1) is 0 Å².